The molecule has 78 valence electrons. The van der Waals surface area contributed by atoms with E-state index in [0.29, 0.717) is 0 Å². The van der Waals surface area contributed by atoms with Gasteiger partial charge in [-0.25, -0.2) is 4.39 Å². The molecule has 0 radical (unpaired) electrons. The maximum absolute atomic E-state index is 13.1. The van der Waals surface area contributed by atoms with Crippen molar-refractivity contribution in [2.24, 2.45) is 0 Å². The second-order valence-electron chi connectivity index (χ2n) is 2.59. The molecule has 0 bridgehead atoms. The molecule has 0 saturated carbocycles. The molecule has 0 aliphatic rings. The van der Waals surface area contributed by atoms with Gasteiger partial charge in [0.2, 0.25) is 0 Å². The van der Waals surface area contributed by atoms with Crippen LogP contribution in [0.2, 0.25) is 5.02 Å². The van der Waals surface area contributed by atoms with Crippen LogP contribution in [0.3, 0.4) is 0 Å². The average molecular weight is 289 g/mol. The van der Waals surface area contributed by atoms with Crippen LogP contribution in [0.1, 0.15) is 11.7 Å². The second kappa shape index (κ2) is 4.08. The van der Waals surface area contributed by atoms with Crippen LogP contribution < -0.4 is 0 Å². The molecule has 1 rings (SSSR count). The van der Waals surface area contributed by atoms with Gasteiger partial charge in [-0.05, 0) is 22.0 Å². The molecule has 1 aromatic carbocycles. The molecule has 1 nitrogen and oxygen atoms in total. The molecule has 0 saturated heterocycles. The van der Waals surface area contributed by atoms with Gasteiger partial charge in [0, 0.05) is 5.56 Å². The van der Waals surface area contributed by atoms with E-state index in [1.165, 1.54) is 12.1 Å². The lowest BCUT2D eigenvalue weighted by Gasteiger charge is -2.17. The summed E-state index contributed by atoms with van der Waals surface area (Å²) in [5, 5.41) is 8.76. The number of benzene rings is 1. The smallest absolute Gasteiger partial charge is 0.330 e. The summed E-state index contributed by atoms with van der Waals surface area (Å²) in [5.74, 6) is -1.04. The predicted octanol–water partition coefficient (Wildman–Crippen LogP) is 3.50. The first-order valence-corrected chi connectivity index (χ1v) is 4.70. The largest absolute Gasteiger partial charge is 0.381 e. The Morgan fingerprint density at radius 1 is 1.43 bits per heavy atom. The third-order valence-corrected chi connectivity index (χ3v) is 2.31. The summed E-state index contributed by atoms with van der Waals surface area (Å²) in [7, 11) is 0. The molecule has 0 fully saturated rings. The zero-order valence-electron chi connectivity index (χ0n) is 6.65. The Labute approximate surface area is 91.6 Å². The molecule has 1 aromatic rings. The highest BCUT2D eigenvalue weighted by Crippen LogP contribution is 2.38. The minimum Gasteiger partial charge on any atom is -0.381 e. The van der Waals surface area contributed by atoms with Crippen molar-refractivity contribution >= 4 is 27.5 Å². The lowest BCUT2D eigenvalue weighted by molar-refractivity contribution is -0.0311. The van der Waals surface area contributed by atoms with Crippen LogP contribution in [-0.2, 0) is 0 Å². The number of hydrogen-bond acceptors (Lipinski definition) is 1. The van der Waals surface area contributed by atoms with Gasteiger partial charge in [0.25, 0.3) is 0 Å². The maximum Gasteiger partial charge on any atom is 0.330 e. The molecule has 1 atom stereocenters. The lowest BCUT2D eigenvalue weighted by Crippen LogP contribution is -2.19. The van der Waals surface area contributed by atoms with E-state index in [-0.39, 0.29) is 5.02 Å². The normalized spacial score (nSPS) is 14.1. The number of rotatable bonds is 2. The van der Waals surface area contributed by atoms with Crippen LogP contribution in [-0.4, -0.2) is 9.94 Å². The molecule has 1 unspecified atom stereocenters. The summed E-state index contributed by atoms with van der Waals surface area (Å²) in [6.45, 7) is 0. The monoisotopic (exact) mass is 288 g/mol. The molecule has 0 amide bonds. The van der Waals surface area contributed by atoms with Gasteiger partial charge in [-0.2, -0.15) is 8.78 Å². The summed E-state index contributed by atoms with van der Waals surface area (Å²) in [5.41, 5.74) is -0.542. The molecule has 0 aliphatic heterocycles. The summed E-state index contributed by atoms with van der Waals surface area (Å²) in [6.07, 6.45) is -2.26. The minimum atomic E-state index is -3.58. The number of hydrogen-bond donors (Lipinski definition) is 1. The van der Waals surface area contributed by atoms with Crippen LogP contribution in [0.4, 0.5) is 13.2 Å². The maximum atomic E-state index is 13.1. The van der Waals surface area contributed by atoms with Gasteiger partial charge in [0.05, 0.1) is 5.02 Å². The quantitative estimate of drug-likeness (QED) is 0.826. The number of aliphatic hydroxyl groups excluding tert-OH is 1. The molecule has 0 spiro atoms. The summed E-state index contributed by atoms with van der Waals surface area (Å²) >= 11 is 7.31. The predicted molar refractivity (Wildman–Crippen MR) is 50.2 cm³/mol. The van der Waals surface area contributed by atoms with Gasteiger partial charge >= 0.3 is 4.83 Å². The molecule has 14 heavy (non-hydrogen) atoms. The van der Waals surface area contributed by atoms with E-state index in [9.17, 15) is 13.2 Å². The molecule has 6 heteroatoms. The van der Waals surface area contributed by atoms with Crippen molar-refractivity contribution in [1.29, 1.82) is 0 Å². The highest BCUT2D eigenvalue weighted by molar-refractivity contribution is 9.10. The Morgan fingerprint density at radius 3 is 2.50 bits per heavy atom. The lowest BCUT2D eigenvalue weighted by atomic mass is 10.1. The molecular weight excluding hydrogens is 284 g/mol. The van der Waals surface area contributed by atoms with Crippen LogP contribution >= 0.6 is 27.5 Å². The van der Waals surface area contributed by atoms with Crippen LogP contribution in [0.5, 0.6) is 0 Å². The number of halogens is 5. The Balaban J connectivity index is 3.14. The second-order valence-corrected chi connectivity index (χ2v) is 4.05. The van der Waals surface area contributed by atoms with Crippen molar-refractivity contribution in [1.82, 2.24) is 0 Å². The van der Waals surface area contributed by atoms with Crippen LogP contribution in [0.25, 0.3) is 0 Å². The molecule has 0 aromatic heterocycles. The van der Waals surface area contributed by atoms with E-state index in [1.807, 2.05) is 15.9 Å². The molecule has 0 aliphatic carbocycles. The topological polar surface area (TPSA) is 20.2 Å². The number of alkyl halides is 3. The van der Waals surface area contributed by atoms with Gasteiger partial charge in [-0.15, -0.1) is 0 Å². The van der Waals surface area contributed by atoms with Crippen molar-refractivity contribution in [2.45, 2.75) is 10.9 Å². The van der Waals surface area contributed by atoms with Crippen LogP contribution in [0, 0.1) is 5.82 Å². The summed E-state index contributed by atoms with van der Waals surface area (Å²) in [6, 6.07) is 3.53. The Morgan fingerprint density at radius 2 is 2.00 bits per heavy atom. The van der Waals surface area contributed by atoms with Crippen molar-refractivity contribution in [2.75, 3.05) is 0 Å². The Hall–Kier alpha value is -0.260. The first kappa shape index (κ1) is 11.8. The van der Waals surface area contributed by atoms with E-state index in [2.05, 4.69) is 0 Å². The zero-order valence-corrected chi connectivity index (χ0v) is 8.99. The highest BCUT2D eigenvalue weighted by Gasteiger charge is 2.37. The molecule has 1 N–H and O–H groups in total. The van der Waals surface area contributed by atoms with Gasteiger partial charge in [0.15, 0.2) is 6.10 Å². The first-order chi connectivity index (χ1) is 6.34. The SMILES string of the molecule is OC(c1cccc(Cl)c1F)C(F)(F)Br. The summed E-state index contributed by atoms with van der Waals surface area (Å²) < 4.78 is 38.3. The van der Waals surface area contributed by atoms with Crippen molar-refractivity contribution in [3.63, 3.8) is 0 Å². The van der Waals surface area contributed by atoms with Gasteiger partial charge < -0.3 is 5.11 Å². The highest BCUT2D eigenvalue weighted by atomic mass is 79.9. The Kier molecular flexibility index (Phi) is 3.44. The summed E-state index contributed by atoms with van der Waals surface area (Å²) in [4.78, 5) is -3.58. The zero-order chi connectivity index (χ0) is 10.9. The minimum absolute atomic E-state index is 0.307. The van der Waals surface area contributed by atoms with Crippen LogP contribution in [0.15, 0.2) is 18.2 Å². The number of aliphatic hydroxyl groups is 1. The molecule has 0 heterocycles. The molecular formula is C8H5BrClF3O. The van der Waals surface area contributed by atoms with Crippen molar-refractivity contribution in [3.8, 4) is 0 Å². The van der Waals surface area contributed by atoms with E-state index >= 15 is 0 Å². The Bertz CT molecular complexity index is 340. The van der Waals surface area contributed by atoms with Crippen molar-refractivity contribution in [3.05, 3.63) is 34.6 Å². The first-order valence-electron chi connectivity index (χ1n) is 3.52. The van der Waals surface area contributed by atoms with Crippen molar-refractivity contribution < 1.29 is 18.3 Å². The van der Waals surface area contributed by atoms with E-state index in [0.717, 1.165) is 6.07 Å². The van der Waals surface area contributed by atoms with E-state index in [4.69, 9.17) is 16.7 Å². The van der Waals surface area contributed by atoms with Gasteiger partial charge in [-0.1, -0.05) is 23.7 Å². The fraction of sp³-hybridized carbons (Fsp3) is 0.250. The fourth-order valence-electron chi connectivity index (χ4n) is 0.908. The average Bonchev–Trinajstić information content (AvgIpc) is 2.07. The third kappa shape index (κ3) is 2.40. The standard InChI is InChI=1S/C8H5BrClF3O/c9-8(12,13)7(14)4-2-1-3-5(10)6(4)11/h1-3,7,14H. The van der Waals surface area contributed by atoms with E-state index in [1.54, 1.807) is 0 Å². The third-order valence-electron chi connectivity index (χ3n) is 1.59. The van der Waals surface area contributed by atoms with E-state index < -0.39 is 22.3 Å². The van der Waals surface area contributed by atoms with Gasteiger partial charge in [0.1, 0.15) is 5.82 Å². The fourth-order valence-corrected chi connectivity index (χ4v) is 1.34. The van der Waals surface area contributed by atoms with Gasteiger partial charge in [-0.3, -0.25) is 0 Å².